The van der Waals surface area contributed by atoms with Crippen molar-refractivity contribution in [2.75, 3.05) is 11.4 Å². The lowest BCUT2D eigenvalue weighted by Crippen LogP contribution is -2.33. The van der Waals surface area contributed by atoms with Crippen LogP contribution in [-0.4, -0.2) is 17.6 Å². The Morgan fingerprint density at radius 3 is 3.06 bits per heavy atom. The molecular weight excluding hydrogens is 198 g/mol. The van der Waals surface area contributed by atoms with Gasteiger partial charge in [0.2, 0.25) is 0 Å². The largest absolute Gasteiger partial charge is 0.366 e. The van der Waals surface area contributed by atoms with Crippen LogP contribution < -0.4 is 4.90 Å². The first-order valence-corrected chi connectivity index (χ1v) is 5.86. The van der Waals surface area contributed by atoms with E-state index < -0.39 is 0 Å². The third kappa shape index (κ3) is 1.88. The zero-order valence-electron chi connectivity index (χ0n) is 9.85. The molecule has 1 saturated heterocycles. The maximum atomic E-state index is 9.06. The summed E-state index contributed by atoms with van der Waals surface area (Å²) in [5, 5.41) is 9.06. The minimum atomic E-state index is 0.551. The standard InChI is InChI=1S/C13H17N3/c1-10(2)12-6-4-8-16(12)13-5-3-7-15-11(13)9-14/h3,5,7,10,12H,4,6,8H2,1-2H3. The highest BCUT2D eigenvalue weighted by Crippen LogP contribution is 2.30. The number of rotatable bonds is 2. The molecule has 1 aliphatic heterocycles. The molecule has 0 radical (unpaired) electrons. The molecule has 1 aliphatic rings. The molecule has 0 N–H and O–H groups in total. The van der Waals surface area contributed by atoms with Gasteiger partial charge in [0.15, 0.2) is 5.69 Å². The molecule has 1 aromatic heterocycles. The third-order valence-electron chi connectivity index (χ3n) is 3.27. The van der Waals surface area contributed by atoms with Crippen molar-refractivity contribution < 1.29 is 0 Å². The number of aromatic nitrogens is 1. The maximum absolute atomic E-state index is 9.06. The Labute approximate surface area is 96.7 Å². The van der Waals surface area contributed by atoms with Crippen LogP contribution in [0.2, 0.25) is 0 Å². The van der Waals surface area contributed by atoms with Crippen LogP contribution in [0.1, 0.15) is 32.4 Å². The first kappa shape index (κ1) is 10.9. The van der Waals surface area contributed by atoms with Crippen LogP contribution in [0.15, 0.2) is 18.3 Å². The van der Waals surface area contributed by atoms with Crippen molar-refractivity contribution in [2.45, 2.75) is 32.7 Å². The highest BCUT2D eigenvalue weighted by Gasteiger charge is 2.28. The quantitative estimate of drug-likeness (QED) is 0.761. The van der Waals surface area contributed by atoms with Gasteiger partial charge in [-0.15, -0.1) is 0 Å². The molecule has 16 heavy (non-hydrogen) atoms. The monoisotopic (exact) mass is 215 g/mol. The summed E-state index contributed by atoms with van der Waals surface area (Å²) in [7, 11) is 0. The average molecular weight is 215 g/mol. The summed E-state index contributed by atoms with van der Waals surface area (Å²) >= 11 is 0. The molecule has 0 bridgehead atoms. The molecule has 0 spiro atoms. The summed E-state index contributed by atoms with van der Waals surface area (Å²) in [5.41, 5.74) is 1.55. The molecule has 1 aromatic rings. The molecule has 0 aromatic carbocycles. The van der Waals surface area contributed by atoms with E-state index >= 15 is 0 Å². The van der Waals surface area contributed by atoms with Crippen molar-refractivity contribution in [1.29, 1.82) is 5.26 Å². The smallest absolute Gasteiger partial charge is 0.163 e. The Bertz CT molecular complexity index is 406. The van der Waals surface area contributed by atoms with Gasteiger partial charge in [-0.25, -0.2) is 4.98 Å². The number of nitriles is 1. The molecule has 0 amide bonds. The van der Waals surface area contributed by atoms with Gasteiger partial charge >= 0.3 is 0 Å². The van der Waals surface area contributed by atoms with Crippen LogP contribution in [0.4, 0.5) is 5.69 Å². The predicted molar refractivity (Wildman–Crippen MR) is 64.2 cm³/mol. The van der Waals surface area contributed by atoms with E-state index in [9.17, 15) is 0 Å². The zero-order chi connectivity index (χ0) is 11.5. The van der Waals surface area contributed by atoms with E-state index in [1.165, 1.54) is 12.8 Å². The molecule has 2 heterocycles. The van der Waals surface area contributed by atoms with Crippen LogP contribution in [-0.2, 0) is 0 Å². The van der Waals surface area contributed by atoms with Crippen LogP contribution >= 0.6 is 0 Å². The number of hydrogen-bond acceptors (Lipinski definition) is 3. The van der Waals surface area contributed by atoms with Gasteiger partial charge < -0.3 is 4.90 Å². The molecule has 2 rings (SSSR count). The van der Waals surface area contributed by atoms with Gasteiger partial charge in [0, 0.05) is 18.8 Å². The van der Waals surface area contributed by atoms with Gasteiger partial charge in [-0.2, -0.15) is 5.26 Å². The van der Waals surface area contributed by atoms with Gasteiger partial charge in [0.25, 0.3) is 0 Å². The van der Waals surface area contributed by atoms with Gasteiger partial charge in [-0.05, 0) is 30.9 Å². The van der Waals surface area contributed by atoms with Gasteiger partial charge in [0.05, 0.1) is 5.69 Å². The van der Waals surface area contributed by atoms with E-state index in [0.29, 0.717) is 17.7 Å². The van der Waals surface area contributed by atoms with E-state index in [-0.39, 0.29) is 0 Å². The Kier molecular flexibility index (Phi) is 3.09. The van der Waals surface area contributed by atoms with E-state index in [1.54, 1.807) is 6.20 Å². The fraction of sp³-hybridized carbons (Fsp3) is 0.538. The first-order valence-electron chi connectivity index (χ1n) is 5.86. The molecular formula is C13H17N3. The summed E-state index contributed by atoms with van der Waals surface area (Å²) < 4.78 is 0. The van der Waals surface area contributed by atoms with E-state index in [4.69, 9.17) is 5.26 Å². The fourth-order valence-corrected chi connectivity index (χ4v) is 2.50. The number of nitrogens with zero attached hydrogens (tertiary/aromatic N) is 3. The van der Waals surface area contributed by atoms with Crippen molar-refractivity contribution in [2.24, 2.45) is 5.92 Å². The second-order valence-electron chi connectivity index (χ2n) is 4.63. The second kappa shape index (κ2) is 4.52. The van der Waals surface area contributed by atoms with Gasteiger partial charge in [-0.1, -0.05) is 13.8 Å². The highest BCUT2D eigenvalue weighted by atomic mass is 15.2. The van der Waals surface area contributed by atoms with E-state index in [0.717, 1.165) is 12.2 Å². The molecule has 0 saturated carbocycles. The molecule has 1 atom stereocenters. The molecule has 0 aliphatic carbocycles. The fourth-order valence-electron chi connectivity index (χ4n) is 2.50. The van der Waals surface area contributed by atoms with Crippen molar-refractivity contribution >= 4 is 5.69 Å². The maximum Gasteiger partial charge on any atom is 0.163 e. The summed E-state index contributed by atoms with van der Waals surface area (Å²) in [4.78, 5) is 6.48. The van der Waals surface area contributed by atoms with E-state index in [1.807, 2.05) is 12.1 Å². The first-order chi connectivity index (χ1) is 7.74. The van der Waals surface area contributed by atoms with Crippen molar-refractivity contribution in [1.82, 2.24) is 4.98 Å². The Balaban J connectivity index is 2.33. The SMILES string of the molecule is CC(C)C1CCCN1c1cccnc1C#N. The van der Waals surface area contributed by atoms with Crippen molar-refractivity contribution in [3.8, 4) is 6.07 Å². The Morgan fingerprint density at radius 2 is 2.38 bits per heavy atom. The molecule has 1 unspecified atom stereocenters. The predicted octanol–water partition coefficient (Wildman–Crippen LogP) is 2.58. The van der Waals surface area contributed by atoms with Crippen LogP contribution in [0.5, 0.6) is 0 Å². The lowest BCUT2D eigenvalue weighted by molar-refractivity contribution is 0.491. The normalized spacial score (nSPS) is 20.1. The zero-order valence-corrected chi connectivity index (χ0v) is 9.85. The summed E-state index contributed by atoms with van der Waals surface area (Å²) in [5.74, 6) is 0.620. The van der Waals surface area contributed by atoms with Crippen LogP contribution in [0, 0.1) is 17.2 Å². The topological polar surface area (TPSA) is 39.9 Å². The summed E-state index contributed by atoms with van der Waals surface area (Å²) in [6.45, 7) is 5.53. The Morgan fingerprint density at radius 1 is 1.56 bits per heavy atom. The summed E-state index contributed by atoms with van der Waals surface area (Å²) in [6, 6.07) is 6.65. The average Bonchev–Trinajstić information content (AvgIpc) is 2.77. The van der Waals surface area contributed by atoms with Crippen LogP contribution in [0.25, 0.3) is 0 Å². The Hall–Kier alpha value is -1.56. The minimum Gasteiger partial charge on any atom is -0.366 e. The van der Waals surface area contributed by atoms with Gasteiger partial charge in [0.1, 0.15) is 6.07 Å². The molecule has 3 nitrogen and oxygen atoms in total. The van der Waals surface area contributed by atoms with Crippen LogP contribution in [0.3, 0.4) is 0 Å². The second-order valence-corrected chi connectivity index (χ2v) is 4.63. The highest BCUT2D eigenvalue weighted by molar-refractivity contribution is 5.57. The van der Waals surface area contributed by atoms with Crippen molar-refractivity contribution in [3.63, 3.8) is 0 Å². The molecule has 1 fully saturated rings. The molecule has 84 valence electrons. The van der Waals surface area contributed by atoms with Crippen molar-refractivity contribution in [3.05, 3.63) is 24.0 Å². The minimum absolute atomic E-state index is 0.551. The summed E-state index contributed by atoms with van der Waals surface area (Å²) in [6.07, 6.45) is 4.11. The lowest BCUT2D eigenvalue weighted by atomic mass is 10.0. The van der Waals surface area contributed by atoms with E-state index in [2.05, 4.69) is 29.8 Å². The van der Waals surface area contributed by atoms with Gasteiger partial charge in [-0.3, -0.25) is 0 Å². The number of anilines is 1. The number of pyridine rings is 1. The number of hydrogen-bond donors (Lipinski definition) is 0. The third-order valence-corrected chi connectivity index (χ3v) is 3.27. The lowest BCUT2D eigenvalue weighted by Gasteiger charge is -2.29. The molecule has 3 heteroatoms.